The van der Waals surface area contributed by atoms with E-state index in [2.05, 4.69) is 23.6 Å². The second kappa shape index (κ2) is 8.69. The highest BCUT2D eigenvalue weighted by molar-refractivity contribution is 6.04. The summed E-state index contributed by atoms with van der Waals surface area (Å²) >= 11 is 0. The van der Waals surface area contributed by atoms with E-state index in [0.717, 1.165) is 36.2 Å². The number of aliphatic imine (C=N–C) groups is 1. The number of carbonyl (C=O) groups is 1. The van der Waals surface area contributed by atoms with E-state index in [0.29, 0.717) is 12.1 Å². The normalized spacial score (nSPS) is 11.1. The van der Waals surface area contributed by atoms with E-state index in [1.54, 1.807) is 0 Å². The molecule has 0 spiro atoms. The molecule has 0 N–H and O–H groups in total. The van der Waals surface area contributed by atoms with Crippen LogP contribution in [-0.4, -0.2) is 30.6 Å². The predicted octanol–water partition coefficient (Wildman–Crippen LogP) is 3.95. The van der Waals surface area contributed by atoms with Gasteiger partial charge in [0.15, 0.2) is 6.29 Å². The van der Waals surface area contributed by atoms with E-state index in [4.69, 9.17) is 4.99 Å². The quantitative estimate of drug-likeness (QED) is 0.336. The van der Waals surface area contributed by atoms with Crippen LogP contribution in [0.25, 0.3) is 0 Å². The number of rotatable bonds is 7. The first kappa shape index (κ1) is 16.7. The molecule has 2 rings (SSSR count). The predicted molar refractivity (Wildman–Crippen MR) is 96.0 cm³/mol. The van der Waals surface area contributed by atoms with Crippen molar-refractivity contribution in [3.63, 3.8) is 0 Å². The van der Waals surface area contributed by atoms with Gasteiger partial charge in [-0.1, -0.05) is 60.7 Å². The lowest BCUT2D eigenvalue weighted by molar-refractivity contribution is 0.112. The summed E-state index contributed by atoms with van der Waals surface area (Å²) in [6.45, 7) is 5.16. The fraction of sp³-hybridized carbons (Fsp3) is 0.200. The molecule has 2 aromatic rings. The summed E-state index contributed by atoms with van der Waals surface area (Å²) in [4.78, 5) is 18.2. The molecule has 2 aromatic carbocycles. The SMILES string of the molecule is C=CCCN(C)C(=NCc1ccccc1)c1ccccc1C=O. The molecule has 0 heterocycles. The number of carbonyl (C=O) groups excluding carboxylic acids is 1. The van der Waals surface area contributed by atoms with Gasteiger partial charge in [0.1, 0.15) is 5.84 Å². The Bertz CT molecular complexity index is 677. The Kier molecular flexibility index (Phi) is 6.30. The molecule has 3 heteroatoms. The standard InChI is InChI=1S/C20H22N2O/c1-3-4-14-22(2)20(19-13-9-8-12-18(19)16-23)21-15-17-10-6-5-7-11-17/h3,5-13,16H,1,4,14-15H2,2H3. The Labute approximate surface area is 138 Å². The zero-order valence-corrected chi connectivity index (χ0v) is 13.5. The van der Waals surface area contributed by atoms with Gasteiger partial charge in [0, 0.05) is 24.7 Å². The topological polar surface area (TPSA) is 32.7 Å². The van der Waals surface area contributed by atoms with E-state index >= 15 is 0 Å². The molecule has 0 aliphatic rings. The van der Waals surface area contributed by atoms with Crippen molar-refractivity contribution in [2.24, 2.45) is 4.99 Å². The van der Waals surface area contributed by atoms with Crippen LogP contribution in [0.1, 0.15) is 27.9 Å². The van der Waals surface area contributed by atoms with Gasteiger partial charge in [0.2, 0.25) is 0 Å². The van der Waals surface area contributed by atoms with Gasteiger partial charge in [0.05, 0.1) is 6.54 Å². The van der Waals surface area contributed by atoms with Crippen LogP contribution in [0.4, 0.5) is 0 Å². The van der Waals surface area contributed by atoms with E-state index in [1.807, 2.05) is 55.6 Å². The molecule has 118 valence electrons. The zero-order chi connectivity index (χ0) is 16.5. The molecule has 23 heavy (non-hydrogen) atoms. The lowest BCUT2D eigenvalue weighted by Crippen LogP contribution is -2.29. The van der Waals surface area contributed by atoms with Crippen LogP contribution >= 0.6 is 0 Å². The zero-order valence-electron chi connectivity index (χ0n) is 13.5. The van der Waals surface area contributed by atoms with Gasteiger partial charge in [-0.05, 0) is 12.0 Å². The van der Waals surface area contributed by atoms with Gasteiger partial charge >= 0.3 is 0 Å². The van der Waals surface area contributed by atoms with Crippen molar-refractivity contribution in [2.75, 3.05) is 13.6 Å². The molecule has 0 amide bonds. The summed E-state index contributed by atoms with van der Waals surface area (Å²) in [7, 11) is 1.99. The molecule has 0 radical (unpaired) electrons. The monoisotopic (exact) mass is 306 g/mol. The van der Waals surface area contributed by atoms with Crippen LogP contribution in [0.3, 0.4) is 0 Å². The summed E-state index contributed by atoms with van der Waals surface area (Å²) in [6.07, 6.45) is 3.63. The third kappa shape index (κ3) is 4.65. The van der Waals surface area contributed by atoms with Crippen molar-refractivity contribution in [2.45, 2.75) is 13.0 Å². The molecular weight excluding hydrogens is 284 g/mol. The Morgan fingerprint density at radius 1 is 1.13 bits per heavy atom. The molecule has 0 unspecified atom stereocenters. The molecule has 0 atom stereocenters. The summed E-state index contributed by atoms with van der Waals surface area (Å²) in [6, 6.07) is 17.7. The van der Waals surface area contributed by atoms with Crippen molar-refractivity contribution in [3.05, 3.63) is 83.9 Å². The maximum atomic E-state index is 11.4. The highest BCUT2D eigenvalue weighted by Gasteiger charge is 2.12. The number of amidine groups is 1. The van der Waals surface area contributed by atoms with E-state index in [-0.39, 0.29) is 0 Å². The van der Waals surface area contributed by atoms with Crippen LogP contribution in [0.5, 0.6) is 0 Å². The maximum absolute atomic E-state index is 11.4. The second-order valence-corrected chi connectivity index (χ2v) is 5.33. The summed E-state index contributed by atoms with van der Waals surface area (Å²) < 4.78 is 0. The van der Waals surface area contributed by atoms with Crippen LogP contribution in [0.15, 0.2) is 72.2 Å². The lowest BCUT2D eigenvalue weighted by atomic mass is 10.1. The first-order valence-electron chi connectivity index (χ1n) is 7.71. The molecule has 0 saturated heterocycles. The number of benzene rings is 2. The highest BCUT2D eigenvalue weighted by Crippen LogP contribution is 2.12. The average Bonchev–Trinajstić information content (AvgIpc) is 2.61. The Hall–Kier alpha value is -2.68. The maximum Gasteiger partial charge on any atom is 0.150 e. The molecule has 0 saturated carbocycles. The number of nitrogens with zero attached hydrogens (tertiary/aromatic N) is 2. The van der Waals surface area contributed by atoms with Crippen molar-refractivity contribution in [1.82, 2.24) is 4.90 Å². The number of hydrogen-bond donors (Lipinski definition) is 0. The van der Waals surface area contributed by atoms with Crippen molar-refractivity contribution in [1.29, 1.82) is 0 Å². The Balaban J connectivity index is 2.34. The molecule has 0 aliphatic carbocycles. The summed E-state index contributed by atoms with van der Waals surface area (Å²) in [5.41, 5.74) is 2.67. The summed E-state index contributed by atoms with van der Waals surface area (Å²) in [5, 5.41) is 0. The largest absolute Gasteiger partial charge is 0.359 e. The minimum Gasteiger partial charge on any atom is -0.359 e. The summed E-state index contributed by atoms with van der Waals surface area (Å²) in [5.74, 6) is 0.832. The third-order valence-corrected chi connectivity index (χ3v) is 3.61. The molecule has 0 aromatic heterocycles. The lowest BCUT2D eigenvalue weighted by Gasteiger charge is -2.22. The van der Waals surface area contributed by atoms with Crippen LogP contribution < -0.4 is 0 Å². The molecule has 0 bridgehead atoms. The second-order valence-electron chi connectivity index (χ2n) is 5.33. The first-order chi connectivity index (χ1) is 11.3. The minimum atomic E-state index is 0.585. The van der Waals surface area contributed by atoms with Crippen LogP contribution in [0, 0.1) is 0 Å². The fourth-order valence-corrected chi connectivity index (χ4v) is 2.36. The van der Waals surface area contributed by atoms with E-state index < -0.39 is 0 Å². The number of hydrogen-bond acceptors (Lipinski definition) is 2. The average molecular weight is 306 g/mol. The van der Waals surface area contributed by atoms with Crippen LogP contribution in [-0.2, 0) is 6.54 Å². The third-order valence-electron chi connectivity index (χ3n) is 3.61. The Morgan fingerprint density at radius 3 is 2.52 bits per heavy atom. The van der Waals surface area contributed by atoms with Gasteiger partial charge in [-0.25, -0.2) is 0 Å². The van der Waals surface area contributed by atoms with Gasteiger partial charge in [-0.15, -0.1) is 6.58 Å². The Morgan fingerprint density at radius 2 is 1.83 bits per heavy atom. The van der Waals surface area contributed by atoms with Gasteiger partial charge in [-0.2, -0.15) is 0 Å². The van der Waals surface area contributed by atoms with E-state index in [9.17, 15) is 4.79 Å². The highest BCUT2D eigenvalue weighted by atomic mass is 16.1. The van der Waals surface area contributed by atoms with Gasteiger partial charge in [-0.3, -0.25) is 9.79 Å². The van der Waals surface area contributed by atoms with Crippen molar-refractivity contribution >= 4 is 12.1 Å². The molecule has 0 fully saturated rings. The van der Waals surface area contributed by atoms with Crippen molar-refractivity contribution in [3.8, 4) is 0 Å². The van der Waals surface area contributed by atoms with Gasteiger partial charge in [0.25, 0.3) is 0 Å². The van der Waals surface area contributed by atoms with Crippen molar-refractivity contribution < 1.29 is 4.79 Å². The molecular formula is C20H22N2O. The van der Waals surface area contributed by atoms with E-state index in [1.165, 1.54) is 0 Å². The molecule has 3 nitrogen and oxygen atoms in total. The molecule has 0 aliphatic heterocycles. The van der Waals surface area contributed by atoms with Gasteiger partial charge < -0.3 is 4.90 Å². The van der Waals surface area contributed by atoms with Crippen LogP contribution in [0.2, 0.25) is 0 Å². The fourth-order valence-electron chi connectivity index (χ4n) is 2.36. The minimum absolute atomic E-state index is 0.585. The number of aldehydes is 1. The first-order valence-corrected chi connectivity index (χ1v) is 7.71. The smallest absolute Gasteiger partial charge is 0.150 e.